The van der Waals surface area contributed by atoms with Crippen LogP contribution in [0.1, 0.15) is 44.2 Å². The van der Waals surface area contributed by atoms with Crippen molar-refractivity contribution in [1.29, 1.82) is 0 Å². The van der Waals surface area contributed by atoms with E-state index in [-0.39, 0.29) is 42.6 Å². The maximum Gasteiger partial charge on any atom is -1.00 e. The molecule has 0 spiro atoms. The summed E-state index contributed by atoms with van der Waals surface area (Å²) in [6, 6.07) is 21.9. The molecule has 0 fully saturated rings. The summed E-state index contributed by atoms with van der Waals surface area (Å²) in [5.74, 6) is 0. The molecule has 0 bridgehead atoms. The minimum Gasteiger partial charge on any atom is -1.00 e. The molecule has 0 radical (unpaired) electrons. The summed E-state index contributed by atoms with van der Waals surface area (Å²) in [5, 5.41) is 0. The second-order valence-electron chi connectivity index (χ2n) is 6.39. The van der Waals surface area contributed by atoms with E-state index in [9.17, 15) is 0 Å². The number of halogens is 3. The Labute approximate surface area is 188 Å². The summed E-state index contributed by atoms with van der Waals surface area (Å²) >= 11 is 2.31. The van der Waals surface area contributed by atoms with E-state index in [2.05, 4.69) is 101 Å². The van der Waals surface area contributed by atoms with Crippen molar-refractivity contribution in [2.24, 2.45) is 0 Å². The fourth-order valence-corrected chi connectivity index (χ4v) is 4.54. The van der Waals surface area contributed by atoms with E-state index in [0.29, 0.717) is 0 Å². The first kappa shape index (κ1) is 25.5. The standard InChI is InChI=1S/C22H23.3ClH.Ti/c1-3-10-18-15-16-21(17-18)22(2,19-11-6-4-7-12-19)20-13-8-5-9-14-20;;;;/h4-9,11-15H,3,10,16H2,1-2H3;3*1H;/q;;;;+3/p-3. The number of hydrogen-bond donors (Lipinski definition) is 0. The molecule has 0 atom stereocenters. The summed E-state index contributed by atoms with van der Waals surface area (Å²) in [6.45, 7) is 4.65. The Kier molecular flexibility index (Phi) is 11.2. The van der Waals surface area contributed by atoms with Crippen molar-refractivity contribution in [3.05, 3.63) is 92.9 Å². The van der Waals surface area contributed by atoms with E-state index in [1.165, 1.54) is 27.8 Å². The first-order chi connectivity index (χ1) is 11.2. The van der Waals surface area contributed by atoms with Gasteiger partial charge in [0.15, 0.2) is 0 Å². The number of benzene rings is 2. The molecule has 0 N–H and O–H groups in total. The second-order valence-corrected chi connectivity index (χ2v) is 7.17. The van der Waals surface area contributed by atoms with Gasteiger partial charge >= 0.3 is 152 Å². The molecule has 0 saturated carbocycles. The Hall–Kier alpha value is -0.496. The smallest absolute Gasteiger partial charge is 1.00 e. The Morgan fingerprint density at radius 2 is 1.31 bits per heavy atom. The minimum absolute atomic E-state index is 0. The van der Waals surface area contributed by atoms with Crippen LogP contribution in [0.2, 0.25) is 0 Å². The molecule has 0 unspecified atom stereocenters. The van der Waals surface area contributed by atoms with Crippen molar-refractivity contribution < 1.29 is 57.7 Å². The van der Waals surface area contributed by atoms with E-state index in [0.717, 1.165) is 6.42 Å². The molecule has 0 nitrogen and oxygen atoms in total. The summed E-state index contributed by atoms with van der Waals surface area (Å²) in [7, 11) is 0. The summed E-state index contributed by atoms with van der Waals surface area (Å²) in [4.78, 5) is 0. The average molecular weight is 442 g/mol. The maximum absolute atomic E-state index is 2.44. The second kappa shape index (κ2) is 11.4. The van der Waals surface area contributed by atoms with Gasteiger partial charge in [-0.15, -0.1) is 0 Å². The molecular formula is C22H23Cl3Ti. The van der Waals surface area contributed by atoms with Gasteiger partial charge in [-0.3, -0.25) is 0 Å². The number of allylic oxidation sites excluding steroid dienone is 4. The van der Waals surface area contributed by atoms with Crippen LogP contribution in [-0.4, -0.2) is 0 Å². The van der Waals surface area contributed by atoms with Gasteiger partial charge in [0.25, 0.3) is 0 Å². The first-order valence-electron chi connectivity index (χ1n) is 8.43. The number of rotatable bonds is 5. The average Bonchev–Trinajstić information content (AvgIpc) is 2.97. The Balaban J connectivity index is 0.00000208. The van der Waals surface area contributed by atoms with Gasteiger partial charge in [-0.05, 0) is 0 Å². The minimum atomic E-state index is -0.0569. The van der Waals surface area contributed by atoms with Gasteiger partial charge in [-0.25, -0.2) is 0 Å². The predicted octanol–water partition coefficient (Wildman–Crippen LogP) is -3.06. The van der Waals surface area contributed by atoms with Crippen LogP contribution in [0, 0.1) is 0 Å². The Bertz CT molecular complexity index is 697. The molecule has 2 aromatic carbocycles. The zero-order chi connectivity index (χ0) is 16.3. The third-order valence-corrected chi connectivity index (χ3v) is 5.97. The topological polar surface area (TPSA) is 0 Å². The molecular weight excluding hydrogens is 418 g/mol. The SMILES string of the molecule is CCCC1=CCC(C(C)(c2ccccc2)c2ccccc2)=[C]1[Ti+3].[Cl-].[Cl-].[Cl-]. The van der Waals surface area contributed by atoms with Crippen molar-refractivity contribution >= 4 is 0 Å². The molecule has 0 aromatic heterocycles. The van der Waals surface area contributed by atoms with E-state index < -0.39 is 0 Å². The fourth-order valence-electron chi connectivity index (χ4n) is 3.63. The van der Waals surface area contributed by atoms with E-state index >= 15 is 0 Å². The van der Waals surface area contributed by atoms with E-state index in [1.807, 2.05) is 0 Å². The molecule has 136 valence electrons. The van der Waals surface area contributed by atoms with Crippen LogP contribution in [0.4, 0.5) is 0 Å². The van der Waals surface area contributed by atoms with Crippen LogP contribution in [0.15, 0.2) is 81.8 Å². The molecule has 0 aliphatic heterocycles. The van der Waals surface area contributed by atoms with Gasteiger partial charge in [0.1, 0.15) is 0 Å². The third-order valence-electron chi connectivity index (χ3n) is 5.00. The zero-order valence-corrected chi connectivity index (χ0v) is 18.9. The van der Waals surface area contributed by atoms with E-state index in [1.54, 1.807) is 11.1 Å². The molecule has 1 aliphatic carbocycles. The summed E-state index contributed by atoms with van der Waals surface area (Å²) in [6.07, 6.45) is 5.92. The van der Waals surface area contributed by atoms with Crippen molar-refractivity contribution in [1.82, 2.24) is 0 Å². The van der Waals surface area contributed by atoms with Gasteiger partial charge in [0, 0.05) is 0 Å². The molecule has 2 aromatic rings. The quantitative estimate of drug-likeness (QED) is 0.433. The van der Waals surface area contributed by atoms with Crippen molar-refractivity contribution in [2.45, 2.75) is 38.5 Å². The van der Waals surface area contributed by atoms with Crippen molar-refractivity contribution in [3.63, 3.8) is 0 Å². The molecule has 4 heteroatoms. The first-order valence-corrected chi connectivity index (χ1v) is 9.21. The van der Waals surface area contributed by atoms with Gasteiger partial charge in [-0.2, -0.15) is 0 Å². The van der Waals surface area contributed by atoms with Gasteiger partial charge in [0.2, 0.25) is 0 Å². The zero-order valence-electron chi connectivity index (χ0n) is 15.1. The van der Waals surface area contributed by atoms with Crippen molar-refractivity contribution in [2.75, 3.05) is 0 Å². The van der Waals surface area contributed by atoms with Crippen LogP contribution in [-0.2, 0) is 25.9 Å². The van der Waals surface area contributed by atoms with Crippen LogP contribution >= 0.6 is 0 Å². The van der Waals surface area contributed by atoms with Gasteiger partial charge in [-0.1, -0.05) is 0 Å². The third kappa shape index (κ3) is 4.86. The van der Waals surface area contributed by atoms with Crippen LogP contribution in [0.25, 0.3) is 0 Å². The molecule has 0 amide bonds. The van der Waals surface area contributed by atoms with Gasteiger partial charge in [0.05, 0.1) is 0 Å². The summed E-state index contributed by atoms with van der Waals surface area (Å²) in [5.41, 5.74) is 5.80. The normalized spacial score (nSPS) is 13.3. The monoisotopic (exact) mass is 440 g/mol. The van der Waals surface area contributed by atoms with E-state index in [4.69, 9.17) is 0 Å². The Morgan fingerprint density at radius 1 is 0.846 bits per heavy atom. The molecule has 26 heavy (non-hydrogen) atoms. The molecule has 0 saturated heterocycles. The van der Waals surface area contributed by atoms with Crippen molar-refractivity contribution in [3.8, 4) is 0 Å². The van der Waals surface area contributed by atoms with Crippen LogP contribution < -0.4 is 37.2 Å². The maximum atomic E-state index is 2.44. The predicted molar refractivity (Wildman–Crippen MR) is 94.0 cm³/mol. The van der Waals surface area contributed by atoms with Crippen LogP contribution in [0.5, 0.6) is 0 Å². The number of hydrogen-bond acceptors (Lipinski definition) is 0. The Morgan fingerprint density at radius 3 is 1.73 bits per heavy atom. The molecule has 1 aliphatic rings. The van der Waals surface area contributed by atoms with Gasteiger partial charge < -0.3 is 37.2 Å². The molecule has 0 heterocycles. The summed E-state index contributed by atoms with van der Waals surface area (Å²) < 4.78 is 1.50. The molecule has 3 rings (SSSR count). The largest absolute Gasteiger partial charge is 1.00 e. The van der Waals surface area contributed by atoms with Crippen LogP contribution in [0.3, 0.4) is 0 Å². The fraction of sp³-hybridized carbons (Fsp3) is 0.273.